The van der Waals surface area contributed by atoms with Crippen LogP contribution in [-0.2, 0) is 12.8 Å². The highest BCUT2D eigenvalue weighted by Gasteiger charge is 2.17. The van der Waals surface area contributed by atoms with Gasteiger partial charge in [-0.15, -0.1) is 11.3 Å². The van der Waals surface area contributed by atoms with E-state index in [9.17, 15) is 14.9 Å². The molecule has 1 aliphatic rings. The van der Waals surface area contributed by atoms with E-state index in [2.05, 4.69) is 10.5 Å². The van der Waals surface area contributed by atoms with Crippen molar-refractivity contribution in [2.45, 2.75) is 39.5 Å². The molecule has 0 fully saturated rings. The summed E-state index contributed by atoms with van der Waals surface area (Å²) in [5.74, 6) is -0.236. The van der Waals surface area contributed by atoms with Gasteiger partial charge in [-0.05, 0) is 51.2 Å². The maximum atomic E-state index is 12.3. The third kappa shape index (κ3) is 3.76. The molecule has 0 bridgehead atoms. The standard InChI is InChI=1S/C18H19N3O3S/c1-11-7-8-13(9-15(11)21(23)24)12(2)19-20-18(22)17-10-14-5-3-4-6-16(14)25-17/h7-10H,3-6H2,1-2H3,(H,20,22)/b19-12-. The molecule has 0 atom stereocenters. The highest BCUT2D eigenvalue weighted by molar-refractivity contribution is 7.14. The topological polar surface area (TPSA) is 84.6 Å². The molecule has 0 radical (unpaired) electrons. The zero-order valence-corrected chi connectivity index (χ0v) is 15.0. The van der Waals surface area contributed by atoms with Crippen molar-refractivity contribution in [3.8, 4) is 0 Å². The fourth-order valence-electron chi connectivity index (χ4n) is 2.89. The normalized spacial score (nSPS) is 14.1. The van der Waals surface area contributed by atoms with Gasteiger partial charge in [0.2, 0.25) is 0 Å². The van der Waals surface area contributed by atoms with Crippen LogP contribution in [0.4, 0.5) is 5.69 Å². The van der Waals surface area contributed by atoms with Gasteiger partial charge < -0.3 is 0 Å². The number of rotatable bonds is 4. The molecule has 2 aromatic rings. The van der Waals surface area contributed by atoms with Crippen molar-refractivity contribution in [1.29, 1.82) is 0 Å². The van der Waals surface area contributed by atoms with E-state index < -0.39 is 4.92 Å². The van der Waals surface area contributed by atoms with E-state index in [0.717, 1.165) is 12.8 Å². The van der Waals surface area contributed by atoms with Crippen LogP contribution in [0.1, 0.15) is 51.0 Å². The summed E-state index contributed by atoms with van der Waals surface area (Å²) in [5, 5.41) is 15.1. The van der Waals surface area contributed by atoms with Gasteiger partial charge in [-0.3, -0.25) is 14.9 Å². The van der Waals surface area contributed by atoms with Gasteiger partial charge in [0.05, 0.1) is 15.5 Å². The Balaban J connectivity index is 1.75. The largest absolute Gasteiger partial charge is 0.281 e. The second kappa shape index (κ2) is 7.14. The fourth-order valence-corrected chi connectivity index (χ4v) is 4.03. The second-order valence-electron chi connectivity index (χ2n) is 6.16. The number of fused-ring (bicyclic) bond motifs is 1. The molecule has 1 N–H and O–H groups in total. The van der Waals surface area contributed by atoms with E-state index in [-0.39, 0.29) is 11.6 Å². The van der Waals surface area contributed by atoms with Gasteiger partial charge in [0.25, 0.3) is 11.6 Å². The molecule has 0 saturated heterocycles. The molecule has 6 nitrogen and oxygen atoms in total. The summed E-state index contributed by atoms with van der Waals surface area (Å²) in [5.41, 5.74) is 5.61. The molecule has 7 heteroatoms. The molecule has 1 heterocycles. The minimum atomic E-state index is -0.416. The predicted molar refractivity (Wildman–Crippen MR) is 98.5 cm³/mol. The fraction of sp³-hybridized carbons (Fsp3) is 0.333. The van der Waals surface area contributed by atoms with Crippen molar-refractivity contribution in [3.63, 3.8) is 0 Å². The van der Waals surface area contributed by atoms with Crippen LogP contribution in [0.2, 0.25) is 0 Å². The van der Waals surface area contributed by atoms with E-state index in [4.69, 9.17) is 0 Å². The highest BCUT2D eigenvalue weighted by atomic mass is 32.1. The molecular weight excluding hydrogens is 338 g/mol. The first kappa shape index (κ1) is 17.3. The van der Waals surface area contributed by atoms with Crippen LogP contribution in [0.25, 0.3) is 0 Å². The van der Waals surface area contributed by atoms with Crippen molar-refractivity contribution in [2.75, 3.05) is 0 Å². The molecule has 0 saturated carbocycles. The molecule has 1 aromatic heterocycles. The van der Waals surface area contributed by atoms with Crippen LogP contribution in [0.5, 0.6) is 0 Å². The van der Waals surface area contributed by atoms with Crippen molar-refractivity contribution in [3.05, 3.63) is 60.8 Å². The second-order valence-corrected chi connectivity index (χ2v) is 7.30. The molecule has 0 spiro atoms. The third-order valence-corrected chi connectivity index (χ3v) is 5.61. The first-order valence-corrected chi connectivity index (χ1v) is 8.99. The first-order valence-electron chi connectivity index (χ1n) is 8.17. The number of carbonyl (C=O) groups excluding carboxylic acids is 1. The van der Waals surface area contributed by atoms with Crippen LogP contribution in [0.15, 0.2) is 29.4 Å². The van der Waals surface area contributed by atoms with E-state index >= 15 is 0 Å². The number of amides is 1. The van der Waals surface area contributed by atoms with Crippen molar-refractivity contribution < 1.29 is 9.72 Å². The number of nitro benzene ring substituents is 1. The average Bonchev–Trinajstić information content (AvgIpc) is 3.03. The Morgan fingerprint density at radius 3 is 2.76 bits per heavy atom. The number of aryl methyl sites for hydroxylation is 3. The smallest absolute Gasteiger partial charge is 0.266 e. The van der Waals surface area contributed by atoms with Crippen LogP contribution >= 0.6 is 11.3 Å². The number of hydrogen-bond acceptors (Lipinski definition) is 5. The van der Waals surface area contributed by atoms with Crippen LogP contribution in [-0.4, -0.2) is 16.5 Å². The number of hydrazone groups is 1. The molecule has 25 heavy (non-hydrogen) atoms. The maximum absolute atomic E-state index is 12.3. The van der Waals surface area contributed by atoms with Gasteiger partial charge in [-0.1, -0.05) is 12.1 Å². The molecule has 0 aliphatic heterocycles. The van der Waals surface area contributed by atoms with Gasteiger partial charge >= 0.3 is 0 Å². The molecule has 0 unspecified atom stereocenters. The number of nitrogens with one attached hydrogen (secondary N) is 1. The van der Waals surface area contributed by atoms with Crippen LogP contribution in [0, 0.1) is 17.0 Å². The molecule has 1 amide bonds. The Kier molecular flexibility index (Phi) is 4.94. The van der Waals surface area contributed by atoms with Crippen molar-refractivity contribution >= 4 is 28.6 Å². The molecule has 1 aromatic carbocycles. The van der Waals surface area contributed by atoms with E-state index in [1.807, 2.05) is 6.07 Å². The van der Waals surface area contributed by atoms with Crippen molar-refractivity contribution in [2.24, 2.45) is 5.10 Å². The molecular formula is C18H19N3O3S. The summed E-state index contributed by atoms with van der Waals surface area (Å²) in [6.07, 6.45) is 4.43. The third-order valence-electron chi connectivity index (χ3n) is 4.37. The Labute approximate surface area is 149 Å². The summed E-state index contributed by atoms with van der Waals surface area (Å²) in [6, 6.07) is 6.87. The lowest BCUT2D eigenvalue weighted by Crippen LogP contribution is -2.18. The quantitative estimate of drug-likeness (QED) is 0.510. The summed E-state index contributed by atoms with van der Waals surface area (Å²) in [6.45, 7) is 3.41. The van der Waals surface area contributed by atoms with E-state index in [0.29, 0.717) is 21.7 Å². The van der Waals surface area contributed by atoms with E-state index in [1.54, 1.807) is 26.0 Å². The predicted octanol–water partition coefficient (Wildman–Crippen LogP) is 4.00. The monoisotopic (exact) mass is 357 g/mol. The highest BCUT2D eigenvalue weighted by Crippen LogP contribution is 2.29. The van der Waals surface area contributed by atoms with Crippen LogP contribution in [0.3, 0.4) is 0 Å². The number of carbonyl (C=O) groups is 1. The zero-order chi connectivity index (χ0) is 18.0. The van der Waals surface area contributed by atoms with Gasteiger partial charge in [-0.25, -0.2) is 5.43 Å². The van der Waals surface area contributed by atoms with Crippen LogP contribution < -0.4 is 5.43 Å². The lowest BCUT2D eigenvalue weighted by molar-refractivity contribution is -0.385. The lowest BCUT2D eigenvalue weighted by atomic mass is 9.99. The zero-order valence-electron chi connectivity index (χ0n) is 14.2. The Bertz CT molecular complexity index is 847. The van der Waals surface area contributed by atoms with Gasteiger partial charge in [0.1, 0.15) is 0 Å². The van der Waals surface area contributed by atoms with Gasteiger partial charge in [0.15, 0.2) is 0 Å². The Morgan fingerprint density at radius 1 is 1.28 bits per heavy atom. The number of benzene rings is 1. The molecule has 130 valence electrons. The number of nitro groups is 1. The van der Waals surface area contributed by atoms with E-state index in [1.165, 1.54) is 40.7 Å². The minimum Gasteiger partial charge on any atom is -0.266 e. The Morgan fingerprint density at radius 2 is 2.04 bits per heavy atom. The van der Waals surface area contributed by atoms with Gasteiger partial charge in [-0.2, -0.15) is 5.10 Å². The first-order chi connectivity index (χ1) is 12.0. The summed E-state index contributed by atoms with van der Waals surface area (Å²) >= 11 is 1.53. The Hall–Kier alpha value is -2.54. The molecule has 1 aliphatic carbocycles. The average molecular weight is 357 g/mol. The molecule has 3 rings (SSSR count). The number of nitrogens with zero attached hydrogens (tertiary/aromatic N) is 2. The SMILES string of the molecule is C/C(=N/NC(=O)c1cc2c(s1)CCCC2)c1ccc(C)c([N+](=O)[O-])c1. The maximum Gasteiger partial charge on any atom is 0.281 e. The number of hydrogen-bond donors (Lipinski definition) is 1. The van der Waals surface area contributed by atoms with Gasteiger partial charge in [0, 0.05) is 22.1 Å². The minimum absolute atomic E-state index is 0.0457. The summed E-state index contributed by atoms with van der Waals surface area (Å²) in [7, 11) is 0. The lowest BCUT2D eigenvalue weighted by Gasteiger charge is -2.08. The summed E-state index contributed by atoms with van der Waals surface area (Å²) in [4.78, 5) is 24.9. The summed E-state index contributed by atoms with van der Waals surface area (Å²) < 4.78 is 0. The number of thiophene rings is 1. The van der Waals surface area contributed by atoms with Crippen molar-refractivity contribution in [1.82, 2.24) is 5.43 Å².